The first-order chi connectivity index (χ1) is 9.02. The molecule has 0 aromatic heterocycles. The highest BCUT2D eigenvalue weighted by molar-refractivity contribution is 9.10. The molecule has 0 spiro atoms. The van der Waals surface area contributed by atoms with Gasteiger partial charge in [0.25, 0.3) is 0 Å². The van der Waals surface area contributed by atoms with Crippen LogP contribution in [0.3, 0.4) is 0 Å². The molecular formula is C13H7Br2Cl2FO. The molecule has 0 amide bonds. The normalized spacial score (nSPS) is 10.6. The first-order valence-electron chi connectivity index (χ1n) is 5.18. The molecule has 19 heavy (non-hydrogen) atoms. The number of hydrogen-bond donors (Lipinski definition) is 0. The van der Waals surface area contributed by atoms with E-state index < -0.39 is 5.82 Å². The highest BCUT2D eigenvalue weighted by atomic mass is 79.9. The molecule has 0 saturated carbocycles. The van der Waals surface area contributed by atoms with Gasteiger partial charge in [-0.3, -0.25) is 0 Å². The minimum absolute atomic E-state index is 0.0269. The maximum atomic E-state index is 13.5. The van der Waals surface area contributed by atoms with Gasteiger partial charge in [0.15, 0.2) is 0 Å². The van der Waals surface area contributed by atoms with Gasteiger partial charge in [-0.05, 0) is 28.1 Å². The standard InChI is InChI=1S/C13H7Br2Cl2FO/c14-6-7-2-1-3-9(16)13(7)19-12-5-11(18)10(17)4-8(12)15/h1-5H,6H2. The summed E-state index contributed by atoms with van der Waals surface area (Å²) in [5.74, 6) is 0.257. The summed E-state index contributed by atoms with van der Waals surface area (Å²) in [7, 11) is 0. The van der Waals surface area contributed by atoms with E-state index in [1.54, 1.807) is 6.07 Å². The number of para-hydroxylation sites is 1. The van der Waals surface area contributed by atoms with Crippen LogP contribution in [0.25, 0.3) is 0 Å². The molecule has 0 aliphatic rings. The second kappa shape index (κ2) is 6.44. The number of halogens is 5. The second-order valence-corrected chi connectivity index (χ2v) is 5.89. The Morgan fingerprint density at radius 1 is 1.16 bits per heavy atom. The van der Waals surface area contributed by atoms with E-state index in [4.69, 9.17) is 27.9 Å². The van der Waals surface area contributed by atoms with Gasteiger partial charge in [-0.25, -0.2) is 4.39 Å². The summed E-state index contributed by atoms with van der Waals surface area (Å²) < 4.78 is 19.7. The molecule has 100 valence electrons. The smallest absolute Gasteiger partial charge is 0.150 e. The van der Waals surface area contributed by atoms with Crippen molar-refractivity contribution in [2.45, 2.75) is 5.33 Å². The van der Waals surface area contributed by atoms with Crippen LogP contribution in [-0.4, -0.2) is 0 Å². The van der Waals surface area contributed by atoms with Gasteiger partial charge in [-0.2, -0.15) is 0 Å². The highest BCUT2D eigenvalue weighted by Gasteiger charge is 2.13. The molecule has 2 aromatic carbocycles. The molecule has 2 aromatic rings. The van der Waals surface area contributed by atoms with E-state index in [2.05, 4.69) is 31.9 Å². The van der Waals surface area contributed by atoms with Gasteiger partial charge >= 0.3 is 0 Å². The van der Waals surface area contributed by atoms with Gasteiger partial charge in [0.2, 0.25) is 0 Å². The Labute approximate surface area is 136 Å². The van der Waals surface area contributed by atoms with Gasteiger partial charge < -0.3 is 4.74 Å². The molecule has 0 atom stereocenters. The number of hydrogen-bond acceptors (Lipinski definition) is 1. The van der Waals surface area contributed by atoms with Crippen molar-refractivity contribution in [3.05, 3.63) is 56.2 Å². The fraction of sp³-hybridized carbons (Fsp3) is 0.0769. The Morgan fingerprint density at radius 2 is 1.89 bits per heavy atom. The van der Waals surface area contributed by atoms with Crippen LogP contribution in [0.15, 0.2) is 34.8 Å². The lowest BCUT2D eigenvalue weighted by molar-refractivity contribution is 0.470. The Kier molecular flexibility index (Phi) is 5.12. The van der Waals surface area contributed by atoms with Crippen LogP contribution in [0.4, 0.5) is 4.39 Å². The zero-order valence-electron chi connectivity index (χ0n) is 9.39. The van der Waals surface area contributed by atoms with E-state index in [-0.39, 0.29) is 5.02 Å². The minimum Gasteiger partial charge on any atom is -0.454 e. The molecule has 6 heteroatoms. The van der Waals surface area contributed by atoms with Crippen LogP contribution in [0.1, 0.15) is 5.56 Å². The van der Waals surface area contributed by atoms with Crippen molar-refractivity contribution in [3.8, 4) is 11.5 Å². The molecule has 0 unspecified atom stereocenters. The molecule has 0 bridgehead atoms. The Morgan fingerprint density at radius 3 is 2.58 bits per heavy atom. The first kappa shape index (κ1) is 15.1. The lowest BCUT2D eigenvalue weighted by atomic mass is 10.2. The Bertz CT molecular complexity index is 620. The lowest BCUT2D eigenvalue weighted by Crippen LogP contribution is -1.92. The third kappa shape index (κ3) is 3.43. The van der Waals surface area contributed by atoms with Crippen molar-refractivity contribution in [2.24, 2.45) is 0 Å². The molecule has 0 saturated heterocycles. The van der Waals surface area contributed by atoms with Crippen molar-refractivity contribution in [2.75, 3.05) is 0 Å². The predicted octanol–water partition coefficient (Wildman–Crippen LogP) is 6.58. The second-order valence-electron chi connectivity index (χ2n) is 3.66. The summed E-state index contributed by atoms with van der Waals surface area (Å²) in [6.07, 6.45) is 0. The van der Waals surface area contributed by atoms with E-state index in [1.165, 1.54) is 12.1 Å². The maximum absolute atomic E-state index is 13.5. The molecule has 0 radical (unpaired) electrons. The van der Waals surface area contributed by atoms with Crippen LogP contribution < -0.4 is 4.74 Å². The number of benzene rings is 2. The van der Waals surface area contributed by atoms with Crippen molar-refractivity contribution in [1.29, 1.82) is 0 Å². The molecule has 0 heterocycles. The third-order valence-electron chi connectivity index (χ3n) is 2.38. The molecule has 0 aliphatic heterocycles. The van der Waals surface area contributed by atoms with Crippen molar-refractivity contribution < 1.29 is 9.13 Å². The monoisotopic (exact) mass is 426 g/mol. The van der Waals surface area contributed by atoms with Crippen molar-refractivity contribution >= 4 is 55.1 Å². The van der Waals surface area contributed by atoms with E-state index in [0.717, 1.165) is 5.56 Å². The topological polar surface area (TPSA) is 9.23 Å². The van der Waals surface area contributed by atoms with Crippen molar-refractivity contribution in [3.63, 3.8) is 0 Å². The summed E-state index contributed by atoms with van der Waals surface area (Å²) in [5.41, 5.74) is 0.870. The van der Waals surface area contributed by atoms with Crippen LogP contribution in [0.2, 0.25) is 10.0 Å². The summed E-state index contributed by atoms with van der Waals surface area (Å²) in [6.45, 7) is 0. The number of rotatable bonds is 3. The van der Waals surface area contributed by atoms with Gasteiger partial charge in [0, 0.05) is 17.0 Å². The molecule has 2 rings (SSSR count). The fourth-order valence-electron chi connectivity index (χ4n) is 1.47. The zero-order chi connectivity index (χ0) is 14.0. The highest BCUT2D eigenvalue weighted by Crippen LogP contribution is 2.38. The number of ether oxygens (including phenoxy) is 1. The minimum atomic E-state index is -0.549. The quantitative estimate of drug-likeness (QED) is 0.396. The molecule has 0 fully saturated rings. The maximum Gasteiger partial charge on any atom is 0.150 e. The predicted molar refractivity (Wildman–Crippen MR) is 83.3 cm³/mol. The van der Waals surface area contributed by atoms with Crippen LogP contribution in [0.5, 0.6) is 11.5 Å². The van der Waals surface area contributed by atoms with E-state index in [1.807, 2.05) is 12.1 Å². The third-order valence-corrected chi connectivity index (χ3v) is 4.19. The molecule has 1 nitrogen and oxygen atoms in total. The van der Waals surface area contributed by atoms with Crippen LogP contribution in [-0.2, 0) is 5.33 Å². The van der Waals surface area contributed by atoms with Crippen molar-refractivity contribution in [1.82, 2.24) is 0 Å². The summed E-state index contributed by atoms with van der Waals surface area (Å²) in [5, 5.41) is 1.06. The average Bonchev–Trinajstić information content (AvgIpc) is 2.38. The van der Waals surface area contributed by atoms with Gasteiger partial charge in [-0.1, -0.05) is 51.3 Å². The Balaban J connectivity index is 2.44. The average molecular weight is 429 g/mol. The molecular weight excluding hydrogens is 422 g/mol. The SMILES string of the molecule is Fc1cc(Oc2c(Cl)cccc2CBr)c(Br)cc1Cl. The fourth-order valence-corrected chi connectivity index (χ4v) is 2.86. The van der Waals surface area contributed by atoms with Gasteiger partial charge in [0.05, 0.1) is 14.5 Å². The Hall–Kier alpha value is -0.290. The lowest BCUT2D eigenvalue weighted by Gasteiger charge is -2.13. The van der Waals surface area contributed by atoms with E-state index >= 15 is 0 Å². The largest absolute Gasteiger partial charge is 0.454 e. The zero-order valence-corrected chi connectivity index (χ0v) is 14.1. The van der Waals surface area contributed by atoms with Crippen LogP contribution in [0, 0.1) is 5.82 Å². The van der Waals surface area contributed by atoms with E-state index in [0.29, 0.717) is 26.3 Å². The number of alkyl halides is 1. The van der Waals surface area contributed by atoms with Crippen LogP contribution >= 0.6 is 55.1 Å². The molecule has 0 aliphatic carbocycles. The van der Waals surface area contributed by atoms with Gasteiger partial charge in [-0.15, -0.1) is 0 Å². The summed E-state index contributed by atoms with van der Waals surface area (Å²) in [4.78, 5) is 0. The van der Waals surface area contributed by atoms with E-state index in [9.17, 15) is 4.39 Å². The summed E-state index contributed by atoms with van der Waals surface area (Å²) >= 11 is 18.4. The summed E-state index contributed by atoms with van der Waals surface area (Å²) in [6, 6.07) is 8.06. The first-order valence-corrected chi connectivity index (χ1v) is 7.85. The molecule has 0 N–H and O–H groups in total. The van der Waals surface area contributed by atoms with Gasteiger partial charge in [0.1, 0.15) is 17.3 Å².